The molecule has 1 saturated heterocycles. The Morgan fingerprint density at radius 3 is 2.88 bits per heavy atom. The Morgan fingerprint density at radius 2 is 2.09 bits per heavy atom. The topological polar surface area (TPSA) is 84.4 Å². The van der Waals surface area contributed by atoms with Crippen LogP contribution in [0.1, 0.15) is 53.1 Å². The summed E-state index contributed by atoms with van der Waals surface area (Å²) in [6, 6.07) is 10.9. The van der Waals surface area contributed by atoms with Gasteiger partial charge in [0, 0.05) is 36.1 Å². The van der Waals surface area contributed by atoms with Gasteiger partial charge in [-0.15, -0.1) is 0 Å². The van der Waals surface area contributed by atoms with Crippen LogP contribution in [0.2, 0.25) is 0 Å². The summed E-state index contributed by atoms with van der Waals surface area (Å²) in [5.41, 5.74) is 3.69. The number of nitrogens with zero attached hydrogens (tertiary/aromatic N) is 3. The van der Waals surface area contributed by atoms with Gasteiger partial charge in [-0.1, -0.05) is 13.0 Å². The van der Waals surface area contributed by atoms with Crippen molar-refractivity contribution >= 4 is 34.3 Å². The highest BCUT2D eigenvalue weighted by atomic mass is 16.5. The summed E-state index contributed by atoms with van der Waals surface area (Å²) in [6.07, 6.45) is 3.74. The van der Waals surface area contributed by atoms with E-state index in [1.807, 2.05) is 30.0 Å². The molecule has 32 heavy (non-hydrogen) atoms. The van der Waals surface area contributed by atoms with E-state index in [1.54, 1.807) is 31.3 Å². The number of aryl methyl sites for hydroxylation is 1. The van der Waals surface area contributed by atoms with Gasteiger partial charge >= 0.3 is 5.97 Å². The highest BCUT2D eigenvalue weighted by Crippen LogP contribution is 2.31. The van der Waals surface area contributed by atoms with Crippen molar-refractivity contribution < 1.29 is 14.3 Å². The number of fused-ring (bicyclic) bond motifs is 1. The molecule has 1 fully saturated rings. The Balaban J connectivity index is 1.76. The molecule has 1 aliphatic heterocycles. The number of benzene rings is 1. The fourth-order valence-corrected chi connectivity index (χ4v) is 4.10. The fourth-order valence-electron chi connectivity index (χ4n) is 4.10. The van der Waals surface area contributed by atoms with E-state index in [1.165, 1.54) is 0 Å². The van der Waals surface area contributed by atoms with Gasteiger partial charge in [-0.3, -0.25) is 4.79 Å². The number of carbonyl (C=O) groups is 2. The number of amides is 1. The summed E-state index contributed by atoms with van der Waals surface area (Å²) in [6.45, 7) is 7.64. The van der Waals surface area contributed by atoms with Gasteiger partial charge in [-0.05, 0) is 62.9 Å². The minimum atomic E-state index is -0.383. The molecule has 7 nitrogen and oxygen atoms in total. The molecule has 1 atom stereocenters. The highest BCUT2D eigenvalue weighted by Gasteiger charge is 2.25. The maximum Gasteiger partial charge on any atom is 0.338 e. The van der Waals surface area contributed by atoms with Gasteiger partial charge in [-0.25, -0.2) is 14.8 Å². The van der Waals surface area contributed by atoms with E-state index in [4.69, 9.17) is 4.74 Å². The summed E-state index contributed by atoms with van der Waals surface area (Å²) in [7, 11) is 0. The number of piperidine rings is 1. The lowest BCUT2D eigenvalue weighted by atomic mass is 9.99. The molecule has 3 heterocycles. The van der Waals surface area contributed by atoms with Crippen molar-refractivity contribution in [1.82, 2.24) is 14.9 Å². The molecular formula is C25H28N4O3. The van der Waals surface area contributed by atoms with Crippen LogP contribution in [-0.2, 0) is 4.74 Å². The Hall–Kier alpha value is -3.48. The number of aromatic nitrogens is 2. The van der Waals surface area contributed by atoms with E-state index in [9.17, 15) is 9.59 Å². The van der Waals surface area contributed by atoms with Crippen LogP contribution in [0.3, 0.4) is 0 Å². The first-order valence-corrected chi connectivity index (χ1v) is 11.1. The van der Waals surface area contributed by atoms with E-state index in [2.05, 4.69) is 22.2 Å². The van der Waals surface area contributed by atoms with Crippen LogP contribution in [0.4, 0.5) is 11.4 Å². The van der Waals surface area contributed by atoms with Crippen molar-refractivity contribution in [2.45, 2.75) is 33.6 Å². The van der Waals surface area contributed by atoms with Gasteiger partial charge in [0.2, 0.25) is 0 Å². The number of hydrogen-bond acceptors (Lipinski definition) is 6. The van der Waals surface area contributed by atoms with Gasteiger partial charge in [-0.2, -0.15) is 0 Å². The molecule has 1 aliphatic rings. The maximum atomic E-state index is 13.5. The molecule has 1 amide bonds. The first kappa shape index (κ1) is 21.7. The van der Waals surface area contributed by atoms with Gasteiger partial charge in [0.25, 0.3) is 5.91 Å². The van der Waals surface area contributed by atoms with Crippen LogP contribution in [-0.4, -0.2) is 46.4 Å². The standard InChI is InChI=1S/C25H28N4O3/c1-4-32-25(31)18-8-5-9-19(13-18)28-22-20-11-10-17(3)27-23(20)26-14-21(22)24(30)29-12-6-7-16(2)15-29/h5,8-11,13-14,16H,4,6-7,12,15H2,1-3H3,(H,26,27,28)/t16-/m0/s1. The van der Waals surface area contributed by atoms with E-state index in [0.717, 1.165) is 37.0 Å². The van der Waals surface area contributed by atoms with Crippen molar-refractivity contribution in [3.05, 3.63) is 59.4 Å². The van der Waals surface area contributed by atoms with Gasteiger partial charge in [0.1, 0.15) is 0 Å². The van der Waals surface area contributed by atoms with Crippen molar-refractivity contribution in [2.75, 3.05) is 25.0 Å². The first-order chi connectivity index (χ1) is 15.5. The maximum absolute atomic E-state index is 13.5. The molecule has 2 aromatic heterocycles. The van der Waals surface area contributed by atoms with Crippen LogP contribution >= 0.6 is 0 Å². The molecule has 4 rings (SSSR count). The zero-order chi connectivity index (χ0) is 22.7. The molecule has 0 spiro atoms. The van der Waals surface area contributed by atoms with Gasteiger partial charge in [0.15, 0.2) is 5.65 Å². The lowest BCUT2D eigenvalue weighted by molar-refractivity contribution is 0.0526. The highest BCUT2D eigenvalue weighted by molar-refractivity contribution is 6.07. The van der Waals surface area contributed by atoms with Crippen LogP contribution in [0, 0.1) is 12.8 Å². The van der Waals surface area contributed by atoms with Crippen LogP contribution in [0.5, 0.6) is 0 Å². The minimum Gasteiger partial charge on any atom is -0.462 e. The number of likely N-dealkylation sites (tertiary alicyclic amines) is 1. The number of esters is 1. The van der Waals surface area contributed by atoms with E-state index >= 15 is 0 Å². The molecular weight excluding hydrogens is 404 g/mol. The average Bonchev–Trinajstić information content (AvgIpc) is 2.79. The predicted octanol–water partition coefficient (Wildman–Crippen LogP) is 4.73. The number of rotatable bonds is 5. The monoisotopic (exact) mass is 432 g/mol. The quantitative estimate of drug-likeness (QED) is 0.587. The van der Waals surface area contributed by atoms with E-state index in [0.29, 0.717) is 40.7 Å². The van der Waals surface area contributed by atoms with E-state index < -0.39 is 0 Å². The third-order valence-corrected chi connectivity index (χ3v) is 5.69. The third-order valence-electron chi connectivity index (χ3n) is 5.69. The van der Waals surface area contributed by atoms with Crippen LogP contribution in [0.15, 0.2) is 42.6 Å². The van der Waals surface area contributed by atoms with Crippen molar-refractivity contribution in [2.24, 2.45) is 5.92 Å². The lowest BCUT2D eigenvalue weighted by Crippen LogP contribution is -2.39. The number of nitrogens with one attached hydrogen (secondary N) is 1. The smallest absolute Gasteiger partial charge is 0.338 e. The molecule has 7 heteroatoms. The lowest BCUT2D eigenvalue weighted by Gasteiger charge is -2.31. The molecule has 3 aromatic rings. The zero-order valence-corrected chi connectivity index (χ0v) is 18.7. The second kappa shape index (κ2) is 9.34. The second-order valence-corrected chi connectivity index (χ2v) is 8.30. The minimum absolute atomic E-state index is 0.0458. The van der Waals surface area contributed by atoms with E-state index in [-0.39, 0.29) is 11.9 Å². The largest absolute Gasteiger partial charge is 0.462 e. The molecule has 0 aliphatic carbocycles. The Bertz CT molecular complexity index is 1160. The summed E-state index contributed by atoms with van der Waals surface area (Å²) < 4.78 is 5.12. The second-order valence-electron chi connectivity index (χ2n) is 8.30. The number of hydrogen-bond donors (Lipinski definition) is 1. The Kier molecular flexibility index (Phi) is 6.35. The normalized spacial score (nSPS) is 16.1. The zero-order valence-electron chi connectivity index (χ0n) is 18.7. The van der Waals surface area contributed by atoms with Gasteiger partial charge in [0.05, 0.1) is 23.4 Å². The fraction of sp³-hybridized carbons (Fsp3) is 0.360. The summed E-state index contributed by atoms with van der Waals surface area (Å²) in [5, 5.41) is 4.13. The molecule has 0 radical (unpaired) electrons. The molecule has 0 bridgehead atoms. The number of carbonyl (C=O) groups excluding carboxylic acids is 2. The van der Waals surface area contributed by atoms with Crippen LogP contribution < -0.4 is 5.32 Å². The van der Waals surface area contributed by atoms with Crippen molar-refractivity contribution in [1.29, 1.82) is 0 Å². The predicted molar refractivity (Wildman–Crippen MR) is 124 cm³/mol. The summed E-state index contributed by atoms with van der Waals surface area (Å²) >= 11 is 0. The molecule has 1 aromatic carbocycles. The van der Waals surface area contributed by atoms with Crippen molar-refractivity contribution in [3.8, 4) is 0 Å². The molecule has 1 N–H and O–H groups in total. The average molecular weight is 433 g/mol. The van der Waals surface area contributed by atoms with Crippen molar-refractivity contribution in [3.63, 3.8) is 0 Å². The Labute approximate surface area is 187 Å². The number of anilines is 2. The molecule has 0 unspecified atom stereocenters. The number of pyridine rings is 2. The van der Waals surface area contributed by atoms with Gasteiger partial charge < -0.3 is 15.0 Å². The third kappa shape index (κ3) is 4.56. The molecule has 0 saturated carbocycles. The summed E-state index contributed by atoms with van der Waals surface area (Å²) in [4.78, 5) is 36.6. The molecule has 166 valence electrons. The number of ether oxygens (including phenoxy) is 1. The summed E-state index contributed by atoms with van der Waals surface area (Å²) in [5.74, 6) is 0.0466. The van der Waals surface area contributed by atoms with Crippen LogP contribution in [0.25, 0.3) is 11.0 Å². The Morgan fingerprint density at radius 1 is 1.25 bits per heavy atom. The SMILES string of the molecule is CCOC(=O)c1cccc(Nc2c(C(=O)N3CCC[C@H](C)C3)cnc3nc(C)ccc23)c1. The first-order valence-electron chi connectivity index (χ1n) is 11.1.